The van der Waals surface area contributed by atoms with Crippen LogP contribution in [0.3, 0.4) is 0 Å². The molecule has 0 bridgehead atoms. The van der Waals surface area contributed by atoms with E-state index in [-0.39, 0.29) is 11.9 Å². The van der Waals surface area contributed by atoms with E-state index in [9.17, 15) is 4.39 Å². The minimum absolute atomic E-state index is 0.152. The Kier molecular flexibility index (Phi) is 3.71. The number of imidazole rings is 1. The third kappa shape index (κ3) is 2.81. The fourth-order valence-corrected chi connectivity index (χ4v) is 2.50. The molecule has 4 heteroatoms. The lowest BCUT2D eigenvalue weighted by atomic mass is 10.1. The lowest BCUT2D eigenvalue weighted by Crippen LogP contribution is -2.19. The van der Waals surface area contributed by atoms with Gasteiger partial charge in [-0.3, -0.25) is 0 Å². The summed E-state index contributed by atoms with van der Waals surface area (Å²) in [6.07, 6.45) is 2.02. The number of hydrogen-bond donors (Lipinski definition) is 1. The number of halogens is 1. The zero-order chi connectivity index (χ0) is 14.8. The van der Waals surface area contributed by atoms with Gasteiger partial charge in [0.25, 0.3) is 0 Å². The number of aryl methyl sites for hydroxylation is 1. The van der Waals surface area contributed by atoms with Crippen molar-refractivity contribution in [3.63, 3.8) is 0 Å². The zero-order valence-electron chi connectivity index (χ0n) is 12.2. The van der Waals surface area contributed by atoms with Crippen LogP contribution >= 0.6 is 0 Å². The highest BCUT2D eigenvalue weighted by atomic mass is 19.1. The second-order valence-corrected chi connectivity index (χ2v) is 5.23. The van der Waals surface area contributed by atoms with Crippen LogP contribution in [0.15, 0.2) is 48.7 Å². The van der Waals surface area contributed by atoms with Crippen molar-refractivity contribution in [2.45, 2.75) is 26.4 Å². The Hall–Kier alpha value is -2.20. The summed E-state index contributed by atoms with van der Waals surface area (Å²) in [6, 6.07) is 12.8. The van der Waals surface area contributed by atoms with Gasteiger partial charge < -0.3 is 9.72 Å². The second kappa shape index (κ2) is 5.66. The summed E-state index contributed by atoms with van der Waals surface area (Å²) < 4.78 is 15.1. The van der Waals surface area contributed by atoms with Crippen molar-refractivity contribution < 1.29 is 4.39 Å². The molecule has 2 aromatic heterocycles. The van der Waals surface area contributed by atoms with Gasteiger partial charge in [0, 0.05) is 18.8 Å². The number of nitrogens with one attached hydrogen (secondary N) is 1. The molecule has 1 atom stereocenters. The summed E-state index contributed by atoms with van der Waals surface area (Å²) >= 11 is 0. The Bertz CT molecular complexity index is 746. The van der Waals surface area contributed by atoms with Gasteiger partial charge in [-0.1, -0.05) is 18.2 Å². The van der Waals surface area contributed by atoms with Crippen LogP contribution in [-0.4, -0.2) is 9.38 Å². The molecule has 108 valence electrons. The molecule has 3 aromatic rings. The van der Waals surface area contributed by atoms with Gasteiger partial charge >= 0.3 is 0 Å². The molecule has 1 N–H and O–H groups in total. The summed E-state index contributed by atoms with van der Waals surface area (Å²) in [4.78, 5) is 4.55. The fraction of sp³-hybridized carbons (Fsp3) is 0.235. The molecule has 0 unspecified atom stereocenters. The molecule has 3 rings (SSSR count). The lowest BCUT2D eigenvalue weighted by molar-refractivity contribution is 0.561. The van der Waals surface area contributed by atoms with Gasteiger partial charge in [-0.2, -0.15) is 0 Å². The van der Waals surface area contributed by atoms with Gasteiger partial charge in [0.2, 0.25) is 0 Å². The van der Waals surface area contributed by atoms with Crippen LogP contribution < -0.4 is 5.32 Å². The second-order valence-electron chi connectivity index (χ2n) is 5.23. The van der Waals surface area contributed by atoms with E-state index in [1.807, 2.05) is 43.5 Å². The molecule has 2 heterocycles. The summed E-state index contributed by atoms with van der Waals surface area (Å²) in [5, 5.41) is 3.47. The highest BCUT2D eigenvalue weighted by molar-refractivity contribution is 5.42. The summed E-state index contributed by atoms with van der Waals surface area (Å²) in [7, 11) is 0. The van der Waals surface area contributed by atoms with Crippen molar-refractivity contribution in [3.8, 4) is 0 Å². The van der Waals surface area contributed by atoms with Crippen LogP contribution in [0.2, 0.25) is 0 Å². The SMILES string of the molecule is Cc1nc2ccccn2c1CN[C@@H](C)c1ccc(F)cc1. The van der Waals surface area contributed by atoms with Gasteiger partial charge in [-0.05, 0) is 43.7 Å². The van der Waals surface area contributed by atoms with E-state index in [2.05, 4.69) is 21.6 Å². The first kappa shape index (κ1) is 13.8. The number of rotatable bonds is 4. The normalized spacial score (nSPS) is 12.7. The Balaban J connectivity index is 1.77. The number of fused-ring (bicyclic) bond motifs is 1. The van der Waals surface area contributed by atoms with Crippen molar-refractivity contribution in [1.82, 2.24) is 14.7 Å². The van der Waals surface area contributed by atoms with Gasteiger partial charge in [0.15, 0.2) is 0 Å². The van der Waals surface area contributed by atoms with Crippen molar-refractivity contribution in [2.24, 2.45) is 0 Å². The van der Waals surface area contributed by atoms with Crippen LogP contribution in [0.4, 0.5) is 4.39 Å². The summed E-state index contributed by atoms with van der Waals surface area (Å²) in [6.45, 7) is 4.81. The Labute approximate surface area is 123 Å². The van der Waals surface area contributed by atoms with E-state index in [0.29, 0.717) is 0 Å². The summed E-state index contributed by atoms with van der Waals surface area (Å²) in [5.41, 5.74) is 4.21. The molecular formula is C17H18FN3. The standard InChI is InChI=1S/C17H18FN3/c1-12(14-6-8-15(18)9-7-14)19-11-16-13(2)20-17-5-3-4-10-21(16)17/h3-10,12,19H,11H2,1-2H3/t12-/m0/s1. The fourth-order valence-electron chi connectivity index (χ4n) is 2.50. The third-order valence-corrected chi connectivity index (χ3v) is 3.77. The molecule has 0 saturated heterocycles. The maximum absolute atomic E-state index is 13.0. The van der Waals surface area contributed by atoms with Gasteiger partial charge in [-0.25, -0.2) is 9.37 Å². The molecule has 3 nitrogen and oxygen atoms in total. The highest BCUT2D eigenvalue weighted by Crippen LogP contribution is 2.16. The number of nitrogens with zero attached hydrogens (tertiary/aromatic N) is 2. The zero-order valence-corrected chi connectivity index (χ0v) is 12.2. The van der Waals surface area contributed by atoms with Crippen molar-refractivity contribution >= 4 is 5.65 Å². The Morgan fingerprint density at radius 2 is 1.95 bits per heavy atom. The Morgan fingerprint density at radius 1 is 1.19 bits per heavy atom. The van der Waals surface area contributed by atoms with Crippen LogP contribution in [0.25, 0.3) is 5.65 Å². The highest BCUT2D eigenvalue weighted by Gasteiger charge is 2.10. The van der Waals surface area contributed by atoms with E-state index in [1.54, 1.807) is 0 Å². The van der Waals surface area contributed by atoms with E-state index in [0.717, 1.165) is 29.1 Å². The first-order chi connectivity index (χ1) is 10.1. The molecule has 21 heavy (non-hydrogen) atoms. The van der Waals surface area contributed by atoms with Crippen molar-refractivity contribution in [2.75, 3.05) is 0 Å². The van der Waals surface area contributed by atoms with Crippen LogP contribution in [0.5, 0.6) is 0 Å². The maximum Gasteiger partial charge on any atom is 0.137 e. The molecular weight excluding hydrogens is 265 g/mol. The number of benzene rings is 1. The molecule has 0 aliphatic rings. The van der Waals surface area contributed by atoms with Crippen LogP contribution in [0.1, 0.15) is 29.9 Å². The first-order valence-electron chi connectivity index (χ1n) is 7.06. The molecule has 0 saturated carbocycles. The monoisotopic (exact) mass is 283 g/mol. The van der Waals surface area contributed by atoms with E-state index < -0.39 is 0 Å². The molecule has 1 aromatic carbocycles. The topological polar surface area (TPSA) is 29.3 Å². The molecule has 0 radical (unpaired) electrons. The molecule has 0 aliphatic carbocycles. The van der Waals surface area contributed by atoms with Crippen molar-refractivity contribution in [3.05, 3.63) is 71.4 Å². The van der Waals surface area contributed by atoms with Crippen molar-refractivity contribution in [1.29, 1.82) is 0 Å². The van der Waals surface area contributed by atoms with Crippen LogP contribution in [-0.2, 0) is 6.54 Å². The number of hydrogen-bond acceptors (Lipinski definition) is 2. The molecule has 0 spiro atoms. The lowest BCUT2D eigenvalue weighted by Gasteiger charge is -2.14. The molecule has 0 aliphatic heterocycles. The quantitative estimate of drug-likeness (QED) is 0.792. The van der Waals surface area contributed by atoms with E-state index in [1.165, 1.54) is 12.1 Å². The predicted molar refractivity (Wildman–Crippen MR) is 81.6 cm³/mol. The summed E-state index contributed by atoms with van der Waals surface area (Å²) in [5.74, 6) is -0.205. The molecule has 0 amide bonds. The van der Waals surface area contributed by atoms with Gasteiger partial charge in [0.1, 0.15) is 11.5 Å². The average molecular weight is 283 g/mol. The minimum Gasteiger partial charge on any atom is -0.305 e. The van der Waals surface area contributed by atoms with Gasteiger partial charge in [0.05, 0.1) is 11.4 Å². The predicted octanol–water partition coefficient (Wildman–Crippen LogP) is 3.63. The number of pyridine rings is 1. The van der Waals surface area contributed by atoms with E-state index in [4.69, 9.17) is 0 Å². The molecule has 0 fully saturated rings. The number of aromatic nitrogens is 2. The third-order valence-electron chi connectivity index (χ3n) is 3.77. The van der Waals surface area contributed by atoms with Crippen LogP contribution in [0, 0.1) is 12.7 Å². The smallest absolute Gasteiger partial charge is 0.137 e. The van der Waals surface area contributed by atoms with E-state index >= 15 is 0 Å². The largest absolute Gasteiger partial charge is 0.305 e. The van der Waals surface area contributed by atoms with Gasteiger partial charge in [-0.15, -0.1) is 0 Å². The minimum atomic E-state index is -0.205. The average Bonchev–Trinajstić information content (AvgIpc) is 2.81. The maximum atomic E-state index is 13.0. The Morgan fingerprint density at radius 3 is 2.71 bits per heavy atom. The first-order valence-corrected chi connectivity index (χ1v) is 7.06.